The predicted molar refractivity (Wildman–Crippen MR) is 165 cm³/mol. The molecular formula is C38H45F3. The minimum atomic E-state index is -0.863. The van der Waals surface area contributed by atoms with Crippen molar-refractivity contribution < 1.29 is 13.2 Å². The summed E-state index contributed by atoms with van der Waals surface area (Å²) in [6, 6.07) is 15.9. The summed E-state index contributed by atoms with van der Waals surface area (Å²) < 4.78 is 44.5. The first-order chi connectivity index (χ1) is 20.0. The molecule has 0 nitrogen and oxygen atoms in total. The molecule has 0 N–H and O–H groups in total. The molecule has 2 saturated carbocycles. The van der Waals surface area contributed by atoms with Gasteiger partial charge in [-0.1, -0.05) is 100 Å². The molecule has 2 aliphatic rings. The molecule has 218 valence electrons. The van der Waals surface area contributed by atoms with Crippen LogP contribution in [0.4, 0.5) is 13.2 Å². The van der Waals surface area contributed by atoms with E-state index in [2.05, 4.69) is 19.6 Å². The fourth-order valence-electron chi connectivity index (χ4n) is 7.53. The maximum atomic E-state index is 15.3. The molecule has 3 aromatic rings. The Balaban J connectivity index is 1.18. The van der Waals surface area contributed by atoms with Gasteiger partial charge in [-0.3, -0.25) is 0 Å². The van der Waals surface area contributed by atoms with Gasteiger partial charge in [-0.05, 0) is 96.9 Å². The van der Waals surface area contributed by atoms with E-state index >= 15 is 4.39 Å². The topological polar surface area (TPSA) is 0 Å². The van der Waals surface area contributed by atoms with E-state index in [0.29, 0.717) is 17.0 Å². The zero-order valence-electron chi connectivity index (χ0n) is 24.6. The molecule has 0 radical (unpaired) electrons. The van der Waals surface area contributed by atoms with E-state index in [1.165, 1.54) is 64.2 Å². The Bertz CT molecular complexity index is 1290. The molecule has 0 spiro atoms. The van der Waals surface area contributed by atoms with E-state index in [1.807, 2.05) is 6.07 Å². The van der Waals surface area contributed by atoms with Crippen molar-refractivity contribution in [2.75, 3.05) is 0 Å². The summed E-state index contributed by atoms with van der Waals surface area (Å²) in [5.41, 5.74) is 3.43. The first-order valence-electron chi connectivity index (χ1n) is 16.0. The second-order valence-corrected chi connectivity index (χ2v) is 12.6. The highest BCUT2D eigenvalue weighted by Gasteiger charge is 2.31. The average molecular weight is 559 g/mol. The van der Waals surface area contributed by atoms with E-state index in [1.54, 1.807) is 48.5 Å². The molecule has 5 rings (SSSR count). The van der Waals surface area contributed by atoms with Crippen molar-refractivity contribution in [2.24, 2.45) is 17.8 Å². The lowest BCUT2D eigenvalue weighted by atomic mass is 9.68. The van der Waals surface area contributed by atoms with Gasteiger partial charge in [-0.15, -0.1) is 6.58 Å². The fourth-order valence-corrected chi connectivity index (χ4v) is 7.53. The summed E-state index contributed by atoms with van der Waals surface area (Å²) in [6.45, 7) is 5.88. The maximum Gasteiger partial charge on any atom is 0.166 e. The molecular weight excluding hydrogens is 513 g/mol. The number of unbranched alkanes of at least 4 members (excludes halogenated alkanes) is 2. The molecule has 0 aromatic heterocycles. The van der Waals surface area contributed by atoms with E-state index in [0.717, 1.165) is 41.7 Å². The number of halogens is 3. The molecule has 0 unspecified atom stereocenters. The van der Waals surface area contributed by atoms with Gasteiger partial charge in [-0.2, -0.15) is 0 Å². The van der Waals surface area contributed by atoms with Gasteiger partial charge in [0, 0.05) is 11.1 Å². The highest BCUT2D eigenvalue weighted by molar-refractivity contribution is 5.71. The smallest absolute Gasteiger partial charge is 0.166 e. The second-order valence-electron chi connectivity index (χ2n) is 12.6. The third-order valence-corrected chi connectivity index (χ3v) is 10.0. The van der Waals surface area contributed by atoms with Crippen LogP contribution in [0.25, 0.3) is 22.3 Å². The average Bonchev–Trinajstić information content (AvgIpc) is 3.00. The largest absolute Gasteiger partial charge is 0.206 e. The van der Waals surface area contributed by atoms with Crippen LogP contribution in [0.2, 0.25) is 0 Å². The molecule has 0 bridgehead atoms. The summed E-state index contributed by atoms with van der Waals surface area (Å²) in [5, 5.41) is 0. The highest BCUT2D eigenvalue weighted by atomic mass is 19.2. The van der Waals surface area contributed by atoms with Gasteiger partial charge < -0.3 is 0 Å². The summed E-state index contributed by atoms with van der Waals surface area (Å²) >= 11 is 0. The van der Waals surface area contributed by atoms with Crippen LogP contribution in [-0.4, -0.2) is 0 Å². The summed E-state index contributed by atoms with van der Waals surface area (Å²) in [4.78, 5) is 0. The lowest BCUT2D eigenvalue weighted by molar-refractivity contribution is 0.155. The van der Waals surface area contributed by atoms with Gasteiger partial charge in [0.05, 0.1) is 0 Å². The number of rotatable bonds is 10. The van der Waals surface area contributed by atoms with Gasteiger partial charge in [0.1, 0.15) is 5.82 Å². The molecule has 2 fully saturated rings. The third-order valence-electron chi connectivity index (χ3n) is 10.0. The number of hydrogen-bond donors (Lipinski definition) is 0. The van der Waals surface area contributed by atoms with E-state index in [-0.39, 0.29) is 23.4 Å². The Labute approximate surface area is 245 Å². The Morgan fingerprint density at radius 3 is 1.93 bits per heavy atom. The number of allylic oxidation sites excluding steroid dienone is 1. The van der Waals surface area contributed by atoms with Gasteiger partial charge in [0.2, 0.25) is 0 Å². The molecule has 3 aromatic carbocycles. The third kappa shape index (κ3) is 6.99. The standard InChI is InChI=1S/C38H45F3/c1-3-5-6-8-26-9-11-27(12-10-26)28-13-15-29(16-14-28)33-22-23-34(36(39)25-33)30-17-19-31(20-18-30)35-24-21-32(7-4-2)37(40)38(35)41/h4,17-29H,2-3,5-16H2,1H3. The monoisotopic (exact) mass is 558 g/mol. The van der Waals surface area contributed by atoms with Crippen molar-refractivity contribution in [3.05, 3.63) is 95.8 Å². The van der Waals surface area contributed by atoms with Crippen LogP contribution < -0.4 is 0 Å². The second kappa shape index (κ2) is 13.9. The molecule has 0 amide bonds. The van der Waals surface area contributed by atoms with Crippen LogP contribution in [0.15, 0.2) is 67.3 Å². The lowest BCUT2D eigenvalue weighted by Gasteiger charge is -2.38. The number of benzene rings is 3. The van der Waals surface area contributed by atoms with Gasteiger partial charge in [0.15, 0.2) is 11.6 Å². The molecule has 0 saturated heterocycles. The van der Waals surface area contributed by atoms with Crippen molar-refractivity contribution in [3.63, 3.8) is 0 Å². The van der Waals surface area contributed by atoms with Crippen LogP contribution in [0.5, 0.6) is 0 Å². The predicted octanol–water partition coefficient (Wildman–Crippen LogP) is 11.8. The van der Waals surface area contributed by atoms with Crippen LogP contribution in [0, 0.1) is 35.2 Å². The van der Waals surface area contributed by atoms with Crippen LogP contribution >= 0.6 is 0 Å². The van der Waals surface area contributed by atoms with Gasteiger partial charge in [-0.25, -0.2) is 13.2 Å². The Kier molecular flexibility index (Phi) is 10.1. The maximum absolute atomic E-state index is 15.3. The normalized spacial score (nSPS) is 22.9. The minimum absolute atomic E-state index is 0.202. The minimum Gasteiger partial charge on any atom is -0.206 e. The first kappa shape index (κ1) is 29.7. The summed E-state index contributed by atoms with van der Waals surface area (Å²) in [5.74, 6) is 1.22. The Morgan fingerprint density at radius 2 is 1.32 bits per heavy atom. The van der Waals surface area contributed by atoms with Crippen LogP contribution in [-0.2, 0) is 6.42 Å². The Morgan fingerprint density at radius 1 is 0.707 bits per heavy atom. The zero-order valence-corrected chi connectivity index (χ0v) is 24.6. The summed E-state index contributed by atoms with van der Waals surface area (Å²) in [6.07, 6.45) is 17.9. The van der Waals surface area contributed by atoms with Crippen molar-refractivity contribution >= 4 is 0 Å². The molecule has 0 aliphatic heterocycles. The highest BCUT2D eigenvalue weighted by Crippen LogP contribution is 2.45. The van der Waals surface area contributed by atoms with Gasteiger partial charge in [0.25, 0.3) is 0 Å². The number of hydrogen-bond acceptors (Lipinski definition) is 0. The molecule has 2 aliphatic carbocycles. The van der Waals surface area contributed by atoms with Crippen molar-refractivity contribution in [1.29, 1.82) is 0 Å². The van der Waals surface area contributed by atoms with E-state index in [4.69, 9.17) is 0 Å². The molecule has 0 heterocycles. The first-order valence-corrected chi connectivity index (χ1v) is 16.0. The zero-order chi connectivity index (χ0) is 28.8. The molecule has 0 atom stereocenters. The van der Waals surface area contributed by atoms with Gasteiger partial charge >= 0.3 is 0 Å². The fraction of sp³-hybridized carbons (Fsp3) is 0.474. The molecule has 41 heavy (non-hydrogen) atoms. The van der Waals surface area contributed by atoms with Crippen molar-refractivity contribution in [2.45, 2.75) is 96.3 Å². The summed E-state index contributed by atoms with van der Waals surface area (Å²) in [7, 11) is 0. The van der Waals surface area contributed by atoms with Crippen molar-refractivity contribution in [3.8, 4) is 22.3 Å². The quantitative estimate of drug-likeness (QED) is 0.171. The van der Waals surface area contributed by atoms with Crippen LogP contribution in [0.3, 0.4) is 0 Å². The van der Waals surface area contributed by atoms with E-state index in [9.17, 15) is 8.78 Å². The molecule has 3 heteroatoms. The van der Waals surface area contributed by atoms with Crippen LogP contribution in [0.1, 0.15) is 101 Å². The lowest BCUT2D eigenvalue weighted by Crippen LogP contribution is -2.25. The van der Waals surface area contributed by atoms with E-state index < -0.39 is 11.6 Å². The SMILES string of the molecule is C=CCc1ccc(-c2ccc(-c3ccc(C4CCC(C5CCC(CCCCC)CC5)CC4)cc3F)cc2)c(F)c1F. The Hall–Kier alpha value is -2.81. The van der Waals surface area contributed by atoms with Crippen molar-refractivity contribution in [1.82, 2.24) is 0 Å².